The van der Waals surface area contributed by atoms with Gasteiger partial charge in [-0.25, -0.2) is 4.79 Å². The number of nitrogens with zero attached hydrogens (tertiary/aromatic N) is 2. The van der Waals surface area contributed by atoms with Crippen LogP contribution < -0.4 is 0 Å². The van der Waals surface area contributed by atoms with Gasteiger partial charge in [-0.1, -0.05) is 23.2 Å². The van der Waals surface area contributed by atoms with Crippen molar-refractivity contribution in [2.45, 2.75) is 24.7 Å². The predicted molar refractivity (Wildman–Crippen MR) is 69.2 cm³/mol. The Hall–Kier alpha value is -1.27. The van der Waals surface area contributed by atoms with Gasteiger partial charge in [-0.05, 0) is 6.92 Å². The highest BCUT2D eigenvalue weighted by Crippen LogP contribution is 2.22. The number of amides is 1. The van der Waals surface area contributed by atoms with Gasteiger partial charge in [0.1, 0.15) is 0 Å². The molecule has 8 heteroatoms. The number of hydrogen-bond acceptors (Lipinski definition) is 4. The lowest BCUT2D eigenvalue weighted by Crippen LogP contribution is -2.39. The van der Waals surface area contributed by atoms with Gasteiger partial charge >= 0.3 is 5.97 Å². The minimum absolute atomic E-state index is 0.218. The average Bonchev–Trinajstić information content (AvgIpc) is 2.80. The molecule has 1 aromatic rings. The van der Waals surface area contributed by atoms with E-state index in [1.807, 2.05) is 0 Å². The normalized spacial score (nSPS) is 14.4. The Morgan fingerprint density at radius 1 is 1.53 bits per heavy atom. The number of H-pyrrole nitrogens is 1. The zero-order valence-corrected chi connectivity index (χ0v) is 11.8. The van der Waals surface area contributed by atoms with Crippen LogP contribution in [0.2, 0.25) is 0 Å². The van der Waals surface area contributed by atoms with Crippen molar-refractivity contribution in [2.75, 3.05) is 13.2 Å². The topological polar surface area (TPSA) is 75.3 Å². The second-order valence-electron chi connectivity index (χ2n) is 4.06. The molecule has 104 valence electrons. The molecule has 1 amide bonds. The van der Waals surface area contributed by atoms with Gasteiger partial charge in [-0.15, -0.1) is 0 Å². The summed E-state index contributed by atoms with van der Waals surface area (Å²) in [6.07, 6.45) is 0.577. The van der Waals surface area contributed by atoms with Crippen molar-refractivity contribution in [3.8, 4) is 0 Å². The van der Waals surface area contributed by atoms with Crippen LogP contribution in [0.15, 0.2) is 0 Å². The lowest BCUT2D eigenvalue weighted by atomic mass is 10.1. The lowest BCUT2D eigenvalue weighted by molar-refractivity contribution is -0.130. The second-order valence-corrected chi connectivity index (χ2v) is 5.16. The van der Waals surface area contributed by atoms with Crippen LogP contribution in [0.4, 0.5) is 0 Å². The molecule has 0 bridgehead atoms. The van der Waals surface area contributed by atoms with Crippen LogP contribution >= 0.6 is 23.2 Å². The number of rotatable bonds is 3. The highest BCUT2D eigenvalue weighted by atomic mass is 35.5. The van der Waals surface area contributed by atoms with Gasteiger partial charge in [-0.2, -0.15) is 5.10 Å². The summed E-state index contributed by atoms with van der Waals surface area (Å²) in [6, 6.07) is 0. The minimum Gasteiger partial charge on any atom is -0.461 e. The number of carbonyl (C=O) groups excluding carboxylic acids is 2. The first-order valence-corrected chi connectivity index (χ1v) is 6.72. The first-order chi connectivity index (χ1) is 9.04. The number of halogens is 2. The quantitative estimate of drug-likeness (QED) is 0.674. The number of esters is 1. The molecule has 0 unspecified atom stereocenters. The van der Waals surface area contributed by atoms with E-state index in [-0.39, 0.29) is 24.8 Å². The van der Waals surface area contributed by atoms with Gasteiger partial charge in [0, 0.05) is 30.8 Å². The molecule has 2 rings (SSSR count). The zero-order chi connectivity index (χ0) is 14.0. The fraction of sp³-hybridized carbons (Fsp3) is 0.545. The molecule has 1 aromatic heterocycles. The van der Waals surface area contributed by atoms with Crippen LogP contribution in [-0.4, -0.2) is 45.0 Å². The largest absolute Gasteiger partial charge is 0.461 e. The number of carbonyl (C=O) groups is 2. The van der Waals surface area contributed by atoms with Crippen molar-refractivity contribution in [2.24, 2.45) is 0 Å². The third-order valence-corrected chi connectivity index (χ3v) is 3.27. The molecule has 6 nitrogen and oxygen atoms in total. The molecule has 0 spiro atoms. The SMILES string of the molecule is CCOC(=O)c1n[nH]c2c1CN(C(=O)C(Cl)Cl)CC2. The van der Waals surface area contributed by atoms with Gasteiger partial charge in [0.25, 0.3) is 5.91 Å². The van der Waals surface area contributed by atoms with Crippen LogP contribution in [0.1, 0.15) is 28.7 Å². The van der Waals surface area contributed by atoms with Crippen molar-refractivity contribution < 1.29 is 14.3 Å². The van der Waals surface area contributed by atoms with E-state index >= 15 is 0 Å². The van der Waals surface area contributed by atoms with E-state index in [4.69, 9.17) is 27.9 Å². The van der Waals surface area contributed by atoms with Crippen LogP contribution in [0.25, 0.3) is 0 Å². The smallest absolute Gasteiger partial charge is 0.359 e. The summed E-state index contributed by atoms with van der Waals surface area (Å²) in [7, 11) is 0. The number of aromatic amines is 1. The van der Waals surface area contributed by atoms with E-state index in [1.54, 1.807) is 6.92 Å². The number of nitrogens with one attached hydrogen (secondary N) is 1. The van der Waals surface area contributed by atoms with Crippen LogP contribution in [-0.2, 0) is 22.5 Å². The Morgan fingerprint density at radius 3 is 2.89 bits per heavy atom. The van der Waals surface area contributed by atoms with Gasteiger partial charge < -0.3 is 9.64 Å². The minimum atomic E-state index is -1.10. The van der Waals surface area contributed by atoms with Crippen molar-refractivity contribution in [1.29, 1.82) is 0 Å². The Kier molecular flexibility index (Phi) is 4.31. The highest BCUT2D eigenvalue weighted by molar-refractivity contribution is 6.53. The average molecular weight is 306 g/mol. The Balaban J connectivity index is 2.21. The molecule has 1 N–H and O–H groups in total. The van der Waals surface area contributed by atoms with E-state index in [2.05, 4.69) is 10.2 Å². The second kappa shape index (κ2) is 5.79. The maximum Gasteiger partial charge on any atom is 0.359 e. The van der Waals surface area contributed by atoms with Crippen molar-refractivity contribution >= 4 is 35.1 Å². The maximum absolute atomic E-state index is 11.8. The lowest BCUT2D eigenvalue weighted by Gasteiger charge is -2.27. The van der Waals surface area contributed by atoms with Crippen LogP contribution in [0, 0.1) is 0 Å². The van der Waals surface area contributed by atoms with Gasteiger partial charge in [0.15, 0.2) is 10.5 Å². The number of alkyl halides is 2. The van der Waals surface area contributed by atoms with E-state index < -0.39 is 10.8 Å². The molecule has 0 saturated heterocycles. The fourth-order valence-electron chi connectivity index (χ4n) is 1.99. The Labute approximate surface area is 120 Å². The molecule has 0 atom stereocenters. The summed E-state index contributed by atoms with van der Waals surface area (Å²) >= 11 is 11.1. The zero-order valence-electron chi connectivity index (χ0n) is 10.3. The summed E-state index contributed by atoms with van der Waals surface area (Å²) < 4.78 is 4.92. The molecular formula is C11H13Cl2N3O3. The fourth-order valence-corrected chi connectivity index (χ4v) is 2.27. The maximum atomic E-state index is 11.8. The van der Waals surface area contributed by atoms with E-state index in [9.17, 15) is 9.59 Å². The van der Waals surface area contributed by atoms with Gasteiger partial charge in [0.2, 0.25) is 0 Å². The Bertz CT molecular complexity index is 501. The molecule has 0 aliphatic carbocycles. The number of fused-ring (bicyclic) bond motifs is 1. The van der Waals surface area contributed by atoms with Gasteiger partial charge in [-0.3, -0.25) is 9.89 Å². The van der Waals surface area contributed by atoms with Crippen LogP contribution in [0.5, 0.6) is 0 Å². The van der Waals surface area contributed by atoms with Crippen molar-refractivity contribution in [3.63, 3.8) is 0 Å². The molecule has 1 aliphatic heterocycles. The molecule has 0 radical (unpaired) electrons. The number of aromatic nitrogens is 2. The van der Waals surface area contributed by atoms with Crippen molar-refractivity contribution in [3.05, 3.63) is 17.0 Å². The van der Waals surface area contributed by atoms with Crippen molar-refractivity contribution in [1.82, 2.24) is 15.1 Å². The molecular weight excluding hydrogens is 293 g/mol. The number of ether oxygens (including phenoxy) is 1. The molecule has 0 aromatic carbocycles. The third-order valence-electron chi connectivity index (χ3n) is 2.90. The number of hydrogen-bond donors (Lipinski definition) is 1. The summed E-state index contributed by atoms with van der Waals surface area (Å²) in [5.74, 6) is -0.868. The van der Waals surface area contributed by atoms with Gasteiger partial charge in [0.05, 0.1) is 6.61 Å². The molecule has 0 fully saturated rings. The van der Waals surface area contributed by atoms with E-state index in [1.165, 1.54) is 4.90 Å². The monoisotopic (exact) mass is 305 g/mol. The molecule has 0 saturated carbocycles. The molecule has 2 heterocycles. The standard InChI is InChI=1S/C11H13Cl2N3O3/c1-2-19-11(18)8-6-5-16(10(17)9(12)13)4-3-7(6)14-15-8/h9H,2-5H2,1H3,(H,14,15). The van der Waals surface area contributed by atoms with E-state index in [0.717, 1.165) is 5.69 Å². The first kappa shape index (κ1) is 14.1. The first-order valence-electron chi connectivity index (χ1n) is 5.84. The molecule has 1 aliphatic rings. The van der Waals surface area contributed by atoms with Crippen LogP contribution in [0.3, 0.4) is 0 Å². The summed E-state index contributed by atoms with van der Waals surface area (Å²) in [5.41, 5.74) is 1.73. The highest BCUT2D eigenvalue weighted by Gasteiger charge is 2.30. The summed E-state index contributed by atoms with van der Waals surface area (Å²) in [5, 5.41) is 6.75. The predicted octanol–water partition coefficient (Wildman–Crippen LogP) is 1.27. The molecule has 19 heavy (non-hydrogen) atoms. The third kappa shape index (κ3) is 2.84. The summed E-state index contributed by atoms with van der Waals surface area (Å²) in [6.45, 7) is 2.74. The van der Waals surface area contributed by atoms with E-state index in [0.29, 0.717) is 18.5 Å². The summed E-state index contributed by atoms with van der Waals surface area (Å²) in [4.78, 5) is 23.9. The Morgan fingerprint density at radius 2 is 2.26 bits per heavy atom.